The number of benzene rings is 1. The molecule has 0 saturated heterocycles. The smallest absolute Gasteiger partial charge is 0.225 e. The van der Waals surface area contributed by atoms with Crippen LogP contribution in [0.5, 0.6) is 5.75 Å². The molecule has 18 heavy (non-hydrogen) atoms. The number of ether oxygens (including phenoxy) is 1. The minimum absolute atomic E-state index is 0.0938. The third-order valence-corrected chi connectivity index (χ3v) is 2.84. The van der Waals surface area contributed by atoms with Gasteiger partial charge < -0.3 is 15.8 Å². The Morgan fingerprint density at radius 3 is 2.83 bits per heavy atom. The molecule has 100 valence electrons. The van der Waals surface area contributed by atoms with Gasteiger partial charge in [-0.2, -0.15) is 0 Å². The Morgan fingerprint density at radius 2 is 2.28 bits per heavy atom. The van der Waals surface area contributed by atoms with Crippen LogP contribution in [0.3, 0.4) is 0 Å². The van der Waals surface area contributed by atoms with Crippen LogP contribution in [-0.2, 0) is 4.79 Å². The molecular formula is C13H19ClN2O2. The second kappa shape index (κ2) is 7.24. The Labute approximate surface area is 112 Å². The van der Waals surface area contributed by atoms with E-state index in [4.69, 9.17) is 22.1 Å². The standard InChI is InChI=1S/C13H19ClN2O2/c1-3-4-9(15)7-13(17)16-10-5-6-12(18-2)11(14)8-10/h5-6,8-9H,3-4,7,15H2,1-2H3,(H,16,17). The number of halogens is 1. The second-order valence-corrected chi connectivity index (χ2v) is 4.56. The fourth-order valence-corrected chi connectivity index (χ4v) is 1.92. The highest BCUT2D eigenvalue weighted by atomic mass is 35.5. The van der Waals surface area contributed by atoms with E-state index in [1.807, 2.05) is 6.92 Å². The lowest BCUT2D eigenvalue weighted by Gasteiger charge is -2.11. The van der Waals surface area contributed by atoms with Gasteiger partial charge in [0.1, 0.15) is 5.75 Å². The zero-order valence-electron chi connectivity index (χ0n) is 10.7. The summed E-state index contributed by atoms with van der Waals surface area (Å²) >= 11 is 5.97. The van der Waals surface area contributed by atoms with Crippen LogP contribution in [0.2, 0.25) is 5.02 Å². The van der Waals surface area contributed by atoms with Gasteiger partial charge >= 0.3 is 0 Å². The van der Waals surface area contributed by atoms with Crippen molar-refractivity contribution in [1.82, 2.24) is 0 Å². The molecule has 0 aliphatic rings. The predicted octanol–water partition coefficient (Wildman–Crippen LogP) is 2.80. The lowest BCUT2D eigenvalue weighted by molar-refractivity contribution is -0.116. The van der Waals surface area contributed by atoms with E-state index in [-0.39, 0.29) is 11.9 Å². The molecule has 5 heteroatoms. The van der Waals surface area contributed by atoms with Gasteiger partial charge in [0.2, 0.25) is 5.91 Å². The quantitative estimate of drug-likeness (QED) is 0.835. The van der Waals surface area contributed by atoms with Gasteiger partial charge in [-0.25, -0.2) is 0 Å². The number of hydrogen-bond acceptors (Lipinski definition) is 3. The van der Waals surface area contributed by atoms with Crippen LogP contribution in [0.25, 0.3) is 0 Å². The Balaban J connectivity index is 2.57. The van der Waals surface area contributed by atoms with E-state index in [2.05, 4.69) is 5.32 Å². The summed E-state index contributed by atoms with van der Waals surface area (Å²) in [6, 6.07) is 5.02. The van der Waals surface area contributed by atoms with Crippen LogP contribution in [0.4, 0.5) is 5.69 Å². The fourth-order valence-electron chi connectivity index (χ4n) is 1.67. The van der Waals surface area contributed by atoms with Gasteiger partial charge in [0.25, 0.3) is 0 Å². The van der Waals surface area contributed by atoms with Crippen molar-refractivity contribution in [1.29, 1.82) is 0 Å². The number of rotatable bonds is 6. The molecule has 0 radical (unpaired) electrons. The minimum Gasteiger partial charge on any atom is -0.495 e. The average Bonchev–Trinajstić information content (AvgIpc) is 2.29. The first-order valence-corrected chi connectivity index (χ1v) is 6.33. The molecule has 1 aromatic carbocycles. The molecule has 1 unspecified atom stereocenters. The van der Waals surface area contributed by atoms with Crippen molar-refractivity contribution in [3.8, 4) is 5.75 Å². The molecule has 3 N–H and O–H groups in total. The number of amides is 1. The first-order chi connectivity index (χ1) is 8.56. The zero-order valence-corrected chi connectivity index (χ0v) is 11.5. The topological polar surface area (TPSA) is 64.4 Å². The monoisotopic (exact) mass is 270 g/mol. The molecule has 1 atom stereocenters. The van der Waals surface area contributed by atoms with Gasteiger partial charge in [-0.15, -0.1) is 0 Å². The first kappa shape index (κ1) is 14.8. The van der Waals surface area contributed by atoms with Crippen molar-refractivity contribution in [2.24, 2.45) is 5.73 Å². The van der Waals surface area contributed by atoms with Gasteiger partial charge in [0.05, 0.1) is 12.1 Å². The fraction of sp³-hybridized carbons (Fsp3) is 0.462. The van der Waals surface area contributed by atoms with Crippen molar-refractivity contribution in [2.45, 2.75) is 32.2 Å². The molecule has 0 fully saturated rings. The van der Waals surface area contributed by atoms with Gasteiger partial charge in [0, 0.05) is 18.2 Å². The Hall–Kier alpha value is -1.26. The molecule has 1 rings (SSSR count). The summed E-state index contributed by atoms with van der Waals surface area (Å²) in [5.74, 6) is 0.481. The lowest BCUT2D eigenvalue weighted by Crippen LogP contribution is -2.26. The van der Waals surface area contributed by atoms with Crippen molar-refractivity contribution < 1.29 is 9.53 Å². The van der Waals surface area contributed by atoms with Gasteiger partial charge in [-0.3, -0.25) is 4.79 Å². The van der Waals surface area contributed by atoms with Crippen LogP contribution < -0.4 is 15.8 Å². The summed E-state index contributed by atoms with van der Waals surface area (Å²) in [4.78, 5) is 11.7. The summed E-state index contributed by atoms with van der Waals surface area (Å²) in [6.07, 6.45) is 2.14. The number of anilines is 1. The van der Waals surface area contributed by atoms with E-state index in [1.165, 1.54) is 0 Å². The average molecular weight is 271 g/mol. The van der Waals surface area contributed by atoms with E-state index in [0.29, 0.717) is 22.9 Å². The van der Waals surface area contributed by atoms with E-state index in [9.17, 15) is 4.79 Å². The minimum atomic E-state index is -0.0998. The van der Waals surface area contributed by atoms with E-state index < -0.39 is 0 Å². The van der Waals surface area contributed by atoms with Crippen LogP contribution in [0.1, 0.15) is 26.2 Å². The third-order valence-electron chi connectivity index (χ3n) is 2.54. The largest absolute Gasteiger partial charge is 0.495 e. The summed E-state index contributed by atoms with van der Waals surface area (Å²) in [7, 11) is 1.54. The third kappa shape index (κ3) is 4.55. The zero-order chi connectivity index (χ0) is 13.5. The molecule has 0 spiro atoms. The maximum atomic E-state index is 11.7. The highest BCUT2D eigenvalue weighted by Crippen LogP contribution is 2.27. The highest BCUT2D eigenvalue weighted by molar-refractivity contribution is 6.32. The molecule has 0 aromatic heterocycles. The summed E-state index contributed by atoms with van der Waals surface area (Å²) in [5, 5.41) is 3.23. The lowest BCUT2D eigenvalue weighted by atomic mass is 10.1. The molecule has 1 amide bonds. The maximum Gasteiger partial charge on any atom is 0.225 e. The first-order valence-electron chi connectivity index (χ1n) is 5.95. The summed E-state index contributed by atoms with van der Waals surface area (Å²) in [6.45, 7) is 2.04. The predicted molar refractivity (Wildman–Crippen MR) is 74.1 cm³/mol. The number of nitrogens with two attached hydrogens (primary N) is 1. The van der Waals surface area contributed by atoms with Crippen molar-refractivity contribution in [3.05, 3.63) is 23.2 Å². The number of carbonyl (C=O) groups is 1. The second-order valence-electron chi connectivity index (χ2n) is 4.15. The van der Waals surface area contributed by atoms with E-state index in [0.717, 1.165) is 12.8 Å². The SMILES string of the molecule is CCCC(N)CC(=O)Nc1ccc(OC)c(Cl)c1. The summed E-state index contributed by atoms with van der Waals surface area (Å²) < 4.78 is 5.04. The number of carbonyl (C=O) groups excluding carboxylic acids is 1. The number of methoxy groups -OCH3 is 1. The molecule has 0 bridgehead atoms. The van der Waals surface area contributed by atoms with Gasteiger partial charge in [-0.1, -0.05) is 24.9 Å². The molecule has 0 aliphatic carbocycles. The molecule has 0 aliphatic heterocycles. The highest BCUT2D eigenvalue weighted by Gasteiger charge is 2.10. The Bertz CT molecular complexity index is 410. The Kier molecular flexibility index (Phi) is 5.95. The van der Waals surface area contributed by atoms with Crippen molar-refractivity contribution in [2.75, 3.05) is 12.4 Å². The van der Waals surface area contributed by atoms with Crippen LogP contribution in [0, 0.1) is 0 Å². The van der Waals surface area contributed by atoms with Crippen LogP contribution in [0.15, 0.2) is 18.2 Å². The van der Waals surface area contributed by atoms with Crippen LogP contribution >= 0.6 is 11.6 Å². The van der Waals surface area contributed by atoms with E-state index in [1.54, 1.807) is 25.3 Å². The van der Waals surface area contributed by atoms with Gasteiger partial charge in [-0.05, 0) is 24.6 Å². The maximum absolute atomic E-state index is 11.7. The number of hydrogen-bond donors (Lipinski definition) is 2. The molecule has 0 heterocycles. The normalized spacial score (nSPS) is 12.0. The number of nitrogens with one attached hydrogen (secondary N) is 1. The Morgan fingerprint density at radius 1 is 1.56 bits per heavy atom. The molecule has 4 nitrogen and oxygen atoms in total. The summed E-state index contributed by atoms with van der Waals surface area (Å²) in [5.41, 5.74) is 6.46. The van der Waals surface area contributed by atoms with Crippen LogP contribution in [-0.4, -0.2) is 19.1 Å². The van der Waals surface area contributed by atoms with Crippen molar-refractivity contribution in [3.63, 3.8) is 0 Å². The van der Waals surface area contributed by atoms with Gasteiger partial charge in [0.15, 0.2) is 0 Å². The van der Waals surface area contributed by atoms with E-state index >= 15 is 0 Å². The molecule has 0 saturated carbocycles. The molecular weight excluding hydrogens is 252 g/mol. The van der Waals surface area contributed by atoms with Crippen molar-refractivity contribution >= 4 is 23.2 Å². The molecule has 1 aromatic rings.